The number of thiophene rings is 1. The average molecular weight is 461 g/mol. The van der Waals surface area contributed by atoms with Gasteiger partial charge < -0.3 is 21.1 Å². The lowest BCUT2D eigenvalue weighted by Crippen LogP contribution is -2.21. The van der Waals surface area contributed by atoms with Gasteiger partial charge in [0.15, 0.2) is 0 Å². The number of anilines is 3. The Morgan fingerprint density at radius 1 is 1.29 bits per heavy atom. The van der Waals surface area contributed by atoms with E-state index in [4.69, 9.17) is 0 Å². The lowest BCUT2D eigenvalue weighted by Gasteiger charge is -2.16. The van der Waals surface area contributed by atoms with Crippen LogP contribution < -0.4 is 16.0 Å². The van der Waals surface area contributed by atoms with Crippen LogP contribution in [0.5, 0.6) is 0 Å². The van der Waals surface area contributed by atoms with E-state index >= 15 is 0 Å². The first kappa shape index (κ1) is 22.7. The molecule has 0 aliphatic rings. The summed E-state index contributed by atoms with van der Waals surface area (Å²) in [7, 11) is -1.41. The van der Waals surface area contributed by atoms with E-state index in [9.17, 15) is 14.1 Å². The molecule has 2 atom stereocenters. The molecule has 3 aromatic rings. The third-order valence-electron chi connectivity index (χ3n) is 4.25. The number of aliphatic hydroxyl groups is 1. The molecule has 0 saturated carbocycles. The lowest BCUT2D eigenvalue weighted by molar-refractivity contribution is 0.251. The summed E-state index contributed by atoms with van der Waals surface area (Å²) in [4.78, 5) is 21.9. The number of carbonyl (C=O) groups excluding carboxylic acids is 1. The van der Waals surface area contributed by atoms with Crippen molar-refractivity contribution in [2.45, 2.75) is 17.9 Å². The van der Waals surface area contributed by atoms with Crippen LogP contribution in [0.1, 0.15) is 6.92 Å². The topological polar surface area (TPSA) is 129 Å². The maximum absolute atomic E-state index is 12.7. The molecular formula is C20H24N6O3S2. The van der Waals surface area contributed by atoms with Gasteiger partial charge in [0.05, 0.1) is 21.9 Å². The molecular weight excluding hydrogens is 436 g/mol. The summed E-state index contributed by atoms with van der Waals surface area (Å²) in [5, 5.41) is 20.0. The fraction of sp³-hybridized carbons (Fsp3) is 0.250. The van der Waals surface area contributed by atoms with Crippen molar-refractivity contribution in [3.8, 4) is 10.4 Å². The fourth-order valence-corrected chi connectivity index (χ4v) is 4.51. The number of benzene rings is 1. The lowest BCUT2D eigenvalue weighted by atomic mass is 10.2. The van der Waals surface area contributed by atoms with Gasteiger partial charge in [0, 0.05) is 41.0 Å². The summed E-state index contributed by atoms with van der Waals surface area (Å²) in [6.07, 6.45) is 3.14. The molecule has 0 aliphatic heterocycles. The van der Waals surface area contributed by atoms with Gasteiger partial charge in [-0.1, -0.05) is 6.07 Å². The zero-order chi connectivity index (χ0) is 22.4. The number of nitrogens with zero attached hydrogens (tertiary/aromatic N) is 3. The Hall–Kier alpha value is -3.02. The molecule has 0 radical (unpaired) electrons. The van der Waals surface area contributed by atoms with E-state index in [1.54, 1.807) is 41.8 Å². The molecule has 164 valence electrons. The SMILES string of the molecule is CNC(=O)N=S(C)(=O)c1ccc(Nc2ncc(-c3cccs3)c(N[C@H](C)CO)n2)cc1. The molecule has 11 heteroatoms. The quantitative estimate of drug-likeness (QED) is 0.424. The Morgan fingerprint density at radius 3 is 2.65 bits per heavy atom. The molecule has 0 aliphatic carbocycles. The fourth-order valence-electron chi connectivity index (χ4n) is 2.62. The molecule has 2 aromatic heterocycles. The average Bonchev–Trinajstić information content (AvgIpc) is 3.28. The van der Waals surface area contributed by atoms with Crippen LogP contribution in [0.15, 0.2) is 57.2 Å². The summed E-state index contributed by atoms with van der Waals surface area (Å²) in [6, 6.07) is 9.85. The number of aliphatic hydroxyl groups excluding tert-OH is 1. The third-order valence-corrected chi connectivity index (χ3v) is 6.82. The summed E-state index contributed by atoms with van der Waals surface area (Å²) in [6.45, 7) is 1.83. The van der Waals surface area contributed by atoms with E-state index in [1.807, 2.05) is 24.4 Å². The van der Waals surface area contributed by atoms with E-state index < -0.39 is 15.8 Å². The maximum Gasteiger partial charge on any atom is 0.349 e. The maximum atomic E-state index is 12.7. The van der Waals surface area contributed by atoms with Gasteiger partial charge >= 0.3 is 6.03 Å². The van der Waals surface area contributed by atoms with Crippen LogP contribution in [-0.4, -0.2) is 51.3 Å². The standard InChI is InChI=1S/C20H24N6O3S2/c1-13(12-27)23-18-16(17-5-4-10-30-17)11-22-19(25-18)24-14-6-8-15(9-7-14)31(3,29)26-20(28)21-2/h4-11,13,27H,12H2,1-3H3,(H,21,28)(H2,22,23,24,25)/t13-,31?/m1/s1. The summed E-state index contributed by atoms with van der Waals surface area (Å²) >= 11 is 1.58. The first-order chi connectivity index (χ1) is 14.8. The number of aromatic nitrogens is 2. The molecule has 0 spiro atoms. The molecule has 0 fully saturated rings. The predicted octanol–water partition coefficient (Wildman–Crippen LogP) is 3.54. The largest absolute Gasteiger partial charge is 0.394 e. The molecule has 0 bridgehead atoms. The summed E-state index contributed by atoms with van der Waals surface area (Å²) in [5.74, 6) is 0.979. The number of amides is 2. The van der Waals surface area contributed by atoms with Crippen LogP contribution >= 0.6 is 11.3 Å². The second kappa shape index (κ2) is 9.86. The van der Waals surface area contributed by atoms with Crippen molar-refractivity contribution in [2.24, 2.45) is 4.36 Å². The highest BCUT2D eigenvalue weighted by atomic mass is 32.2. The smallest absolute Gasteiger partial charge is 0.349 e. The minimum atomic E-state index is -2.84. The van der Waals surface area contributed by atoms with Crippen molar-refractivity contribution >= 4 is 44.6 Å². The van der Waals surface area contributed by atoms with Gasteiger partial charge in [0.1, 0.15) is 5.82 Å². The van der Waals surface area contributed by atoms with Crippen molar-refractivity contribution in [3.63, 3.8) is 0 Å². The van der Waals surface area contributed by atoms with E-state index in [1.165, 1.54) is 13.3 Å². The van der Waals surface area contributed by atoms with Gasteiger partial charge in [0.25, 0.3) is 0 Å². The van der Waals surface area contributed by atoms with Gasteiger partial charge in [-0.2, -0.15) is 4.98 Å². The predicted molar refractivity (Wildman–Crippen MR) is 124 cm³/mol. The monoisotopic (exact) mass is 460 g/mol. The minimum absolute atomic E-state index is 0.0322. The molecule has 1 unspecified atom stereocenters. The Bertz CT molecular complexity index is 1160. The zero-order valence-corrected chi connectivity index (χ0v) is 19.0. The van der Waals surface area contributed by atoms with E-state index in [0.717, 1.165) is 10.4 Å². The number of hydrogen-bond donors (Lipinski definition) is 4. The Kier molecular flexibility index (Phi) is 7.21. The number of hydrogen-bond acceptors (Lipinski definition) is 8. The summed E-state index contributed by atoms with van der Waals surface area (Å²) < 4.78 is 16.3. The molecule has 1 aromatic carbocycles. The molecule has 2 amide bonds. The highest BCUT2D eigenvalue weighted by molar-refractivity contribution is 7.93. The second-order valence-electron chi connectivity index (χ2n) is 6.76. The zero-order valence-electron chi connectivity index (χ0n) is 17.3. The van der Waals surface area contributed by atoms with Gasteiger partial charge in [-0.25, -0.2) is 14.0 Å². The second-order valence-corrected chi connectivity index (χ2v) is 9.97. The van der Waals surface area contributed by atoms with Crippen molar-refractivity contribution in [3.05, 3.63) is 48.0 Å². The molecule has 2 heterocycles. The van der Waals surface area contributed by atoms with Crippen LogP contribution in [0.2, 0.25) is 0 Å². The van der Waals surface area contributed by atoms with E-state index in [0.29, 0.717) is 22.3 Å². The molecule has 0 saturated heterocycles. The number of nitrogens with one attached hydrogen (secondary N) is 3. The van der Waals surface area contributed by atoms with Gasteiger partial charge in [-0.05, 0) is 42.6 Å². The Labute approximate surface area is 185 Å². The summed E-state index contributed by atoms with van der Waals surface area (Å²) in [5.41, 5.74) is 1.53. The van der Waals surface area contributed by atoms with E-state index in [-0.39, 0.29) is 12.6 Å². The Balaban J connectivity index is 1.85. The highest BCUT2D eigenvalue weighted by Crippen LogP contribution is 2.31. The molecule has 31 heavy (non-hydrogen) atoms. The first-order valence-electron chi connectivity index (χ1n) is 9.41. The van der Waals surface area contributed by atoms with Crippen LogP contribution in [-0.2, 0) is 9.73 Å². The van der Waals surface area contributed by atoms with Gasteiger partial charge in [-0.3, -0.25) is 0 Å². The van der Waals surface area contributed by atoms with Gasteiger partial charge in [-0.15, -0.1) is 15.7 Å². The van der Waals surface area contributed by atoms with Crippen LogP contribution in [0.3, 0.4) is 0 Å². The third kappa shape index (κ3) is 5.78. The molecule has 9 nitrogen and oxygen atoms in total. The van der Waals surface area contributed by atoms with Crippen molar-refractivity contribution in [1.29, 1.82) is 0 Å². The number of urea groups is 1. The number of carbonyl (C=O) groups is 1. The van der Waals surface area contributed by atoms with Crippen molar-refractivity contribution < 1.29 is 14.1 Å². The molecule has 4 N–H and O–H groups in total. The minimum Gasteiger partial charge on any atom is -0.394 e. The molecule has 3 rings (SSSR count). The van der Waals surface area contributed by atoms with Crippen LogP contribution in [0, 0.1) is 0 Å². The van der Waals surface area contributed by atoms with Crippen molar-refractivity contribution in [1.82, 2.24) is 15.3 Å². The van der Waals surface area contributed by atoms with Gasteiger partial charge in [0.2, 0.25) is 5.95 Å². The normalized spacial score (nSPS) is 13.7. The Morgan fingerprint density at radius 2 is 2.03 bits per heavy atom. The van der Waals surface area contributed by atoms with E-state index in [2.05, 4.69) is 30.3 Å². The van der Waals surface area contributed by atoms with Crippen LogP contribution in [0.25, 0.3) is 10.4 Å². The highest BCUT2D eigenvalue weighted by Gasteiger charge is 2.13. The first-order valence-corrected chi connectivity index (χ1v) is 12.2. The van der Waals surface area contributed by atoms with Crippen molar-refractivity contribution in [2.75, 3.05) is 30.5 Å². The number of rotatable bonds is 7. The van der Waals surface area contributed by atoms with Crippen LogP contribution in [0.4, 0.5) is 22.2 Å².